The first-order valence-electron chi connectivity index (χ1n) is 8.02. The maximum absolute atomic E-state index is 4.20. The highest BCUT2D eigenvalue weighted by Gasteiger charge is 2.13. The van der Waals surface area contributed by atoms with E-state index in [2.05, 4.69) is 67.3 Å². The van der Waals surface area contributed by atoms with E-state index in [4.69, 9.17) is 0 Å². The molecule has 0 bridgehead atoms. The lowest BCUT2D eigenvalue weighted by molar-refractivity contribution is 0.409. The van der Waals surface area contributed by atoms with E-state index in [9.17, 15) is 0 Å². The molecule has 1 N–H and O–H groups in total. The SMILES string of the molecule is C=C(NC1CCCCC1)c1ccc(/C=C/CN(C)C)cc1. The van der Waals surface area contributed by atoms with Crippen LogP contribution in [0, 0.1) is 0 Å². The van der Waals surface area contributed by atoms with Crippen LogP contribution in [-0.4, -0.2) is 31.6 Å². The van der Waals surface area contributed by atoms with Gasteiger partial charge in [-0.3, -0.25) is 0 Å². The highest BCUT2D eigenvalue weighted by Crippen LogP contribution is 2.20. The Morgan fingerprint density at radius 3 is 2.48 bits per heavy atom. The lowest BCUT2D eigenvalue weighted by atomic mass is 9.95. The van der Waals surface area contributed by atoms with Crippen molar-refractivity contribution in [2.75, 3.05) is 20.6 Å². The van der Waals surface area contributed by atoms with Crippen LogP contribution in [0.3, 0.4) is 0 Å². The predicted molar refractivity (Wildman–Crippen MR) is 93.1 cm³/mol. The maximum Gasteiger partial charge on any atom is 0.0342 e. The van der Waals surface area contributed by atoms with Crippen molar-refractivity contribution in [3.8, 4) is 0 Å². The van der Waals surface area contributed by atoms with Crippen LogP contribution in [0.1, 0.15) is 43.2 Å². The minimum atomic E-state index is 0.617. The number of benzene rings is 1. The summed E-state index contributed by atoms with van der Waals surface area (Å²) in [5.74, 6) is 0. The quantitative estimate of drug-likeness (QED) is 0.844. The Balaban J connectivity index is 1.88. The number of nitrogens with one attached hydrogen (secondary N) is 1. The van der Waals surface area contributed by atoms with Gasteiger partial charge in [0.25, 0.3) is 0 Å². The highest BCUT2D eigenvalue weighted by atomic mass is 15.0. The van der Waals surface area contributed by atoms with Crippen LogP contribution in [0.25, 0.3) is 11.8 Å². The fraction of sp³-hybridized carbons (Fsp3) is 0.474. The number of hydrogen-bond acceptors (Lipinski definition) is 2. The normalized spacial score (nSPS) is 16.5. The van der Waals surface area contributed by atoms with Crippen molar-refractivity contribution in [3.63, 3.8) is 0 Å². The summed E-state index contributed by atoms with van der Waals surface area (Å²) in [6.45, 7) is 5.17. The first-order chi connectivity index (χ1) is 10.1. The Morgan fingerprint density at radius 1 is 1.19 bits per heavy atom. The fourth-order valence-corrected chi connectivity index (χ4v) is 2.77. The molecule has 0 aromatic heterocycles. The molecule has 0 atom stereocenters. The highest BCUT2D eigenvalue weighted by molar-refractivity contribution is 5.64. The van der Waals surface area contributed by atoms with Crippen LogP contribution in [0.2, 0.25) is 0 Å². The Kier molecular flexibility index (Phi) is 6.06. The van der Waals surface area contributed by atoms with Crippen molar-refractivity contribution in [2.24, 2.45) is 0 Å². The summed E-state index contributed by atoms with van der Waals surface area (Å²) < 4.78 is 0. The first-order valence-corrected chi connectivity index (χ1v) is 8.02. The molecule has 114 valence electrons. The number of rotatable bonds is 6. The predicted octanol–water partition coefficient (Wildman–Crippen LogP) is 4.15. The van der Waals surface area contributed by atoms with Gasteiger partial charge in [0.05, 0.1) is 0 Å². The third kappa shape index (κ3) is 5.39. The zero-order chi connectivity index (χ0) is 15.1. The molecule has 1 saturated carbocycles. The Labute approximate surface area is 129 Å². The van der Waals surface area contributed by atoms with E-state index in [0.717, 1.165) is 12.2 Å². The van der Waals surface area contributed by atoms with Gasteiger partial charge >= 0.3 is 0 Å². The van der Waals surface area contributed by atoms with Gasteiger partial charge in [-0.15, -0.1) is 0 Å². The fourth-order valence-electron chi connectivity index (χ4n) is 2.77. The zero-order valence-corrected chi connectivity index (χ0v) is 13.4. The second-order valence-corrected chi connectivity index (χ2v) is 6.24. The summed E-state index contributed by atoms with van der Waals surface area (Å²) in [5.41, 5.74) is 3.50. The van der Waals surface area contributed by atoms with Crippen LogP contribution in [-0.2, 0) is 0 Å². The van der Waals surface area contributed by atoms with E-state index in [0.29, 0.717) is 6.04 Å². The average molecular weight is 284 g/mol. The van der Waals surface area contributed by atoms with Gasteiger partial charge in [-0.05, 0) is 38.1 Å². The number of nitrogens with zero attached hydrogens (tertiary/aromatic N) is 1. The summed E-state index contributed by atoms with van der Waals surface area (Å²) in [6, 6.07) is 9.26. The molecular weight excluding hydrogens is 256 g/mol. The van der Waals surface area contributed by atoms with Crippen molar-refractivity contribution >= 4 is 11.8 Å². The molecule has 0 aliphatic heterocycles. The molecule has 1 aliphatic carbocycles. The van der Waals surface area contributed by atoms with Crippen molar-refractivity contribution in [1.82, 2.24) is 10.2 Å². The molecule has 2 heteroatoms. The van der Waals surface area contributed by atoms with Gasteiger partial charge in [0.15, 0.2) is 0 Å². The molecule has 0 radical (unpaired) electrons. The monoisotopic (exact) mass is 284 g/mol. The average Bonchev–Trinajstić information content (AvgIpc) is 2.48. The molecule has 0 spiro atoms. The van der Waals surface area contributed by atoms with Crippen molar-refractivity contribution in [2.45, 2.75) is 38.1 Å². The van der Waals surface area contributed by atoms with Crippen molar-refractivity contribution in [3.05, 3.63) is 48.0 Å². The molecule has 1 aromatic rings. The van der Waals surface area contributed by atoms with Crippen LogP contribution in [0.15, 0.2) is 36.9 Å². The van der Waals surface area contributed by atoms with E-state index in [-0.39, 0.29) is 0 Å². The number of hydrogen-bond donors (Lipinski definition) is 1. The van der Waals surface area contributed by atoms with E-state index in [1.807, 2.05) is 0 Å². The molecule has 0 unspecified atom stereocenters. The third-order valence-corrected chi connectivity index (χ3v) is 4.02. The second-order valence-electron chi connectivity index (χ2n) is 6.24. The largest absolute Gasteiger partial charge is 0.382 e. The Hall–Kier alpha value is -1.54. The van der Waals surface area contributed by atoms with Gasteiger partial charge in [0, 0.05) is 18.3 Å². The standard InChI is InChI=1S/C19H28N2/c1-16(20-19-9-5-4-6-10-19)18-13-11-17(12-14-18)8-7-15-21(2)3/h7-8,11-14,19-20H,1,4-6,9-10,15H2,2-3H3/b8-7+. The van der Waals surface area contributed by atoms with Crippen LogP contribution < -0.4 is 5.32 Å². The van der Waals surface area contributed by atoms with Gasteiger partial charge in [0.2, 0.25) is 0 Å². The summed E-state index contributed by atoms with van der Waals surface area (Å²) >= 11 is 0. The smallest absolute Gasteiger partial charge is 0.0342 e. The molecular formula is C19H28N2. The minimum Gasteiger partial charge on any atom is -0.382 e. The van der Waals surface area contributed by atoms with Gasteiger partial charge in [-0.1, -0.05) is 62.3 Å². The third-order valence-electron chi connectivity index (χ3n) is 4.02. The lowest BCUT2D eigenvalue weighted by Gasteiger charge is -2.25. The molecule has 0 heterocycles. The van der Waals surface area contributed by atoms with Crippen molar-refractivity contribution < 1.29 is 0 Å². The Bertz CT molecular complexity index is 465. The molecule has 0 amide bonds. The maximum atomic E-state index is 4.20. The van der Waals surface area contributed by atoms with E-state index in [1.54, 1.807) is 0 Å². The first kappa shape index (κ1) is 15.8. The molecule has 21 heavy (non-hydrogen) atoms. The Morgan fingerprint density at radius 2 is 1.86 bits per heavy atom. The molecule has 1 aliphatic rings. The number of likely N-dealkylation sites (N-methyl/N-ethyl adjacent to an activating group) is 1. The molecule has 2 nitrogen and oxygen atoms in total. The van der Waals surface area contributed by atoms with E-state index < -0.39 is 0 Å². The van der Waals surface area contributed by atoms with Gasteiger partial charge in [-0.25, -0.2) is 0 Å². The van der Waals surface area contributed by atoms with E-state index in [1.165, 1.54) is 43.2 Å². The van der Waals surface area contributed by atoms with Crippen LogP contribution in [0.4, 0.5) is 0 Å². The summed E-state index contributed by atoms with van der Waals surface area (Å²) in [4.78, 5) is 2.15. The van der Waals surface area contributed by atoms with Gasteiger partial charge < -0.3 is 10.2 Å². The second kappa shape index (κ2) is 8.04. The van der Waals surface area contributed by atoms with E-state index >= 15 is 0 Å². The molecule has 2 rings (SSSR count). The van der Waals surface area contributed by atoms with Crippen LogP contribution >= 0.6 is 0 Å². The van der Waals surface area contributed by atoms with Gasteiger partial charge in [0.1, 0.15) is 0 Å². The van der Waals surface area contributed by atoms with Crippen LogP contribution in [0.5, 0.6) is 0 Å². The molecule has 0 saturated heterocycles. The van der Waals surface area contributed by atoms with Gasteiger partial charge in [-0.2, -0.15) is 0 Å². The topological polar surface area (TPSA) is 15.3 Å². The lowest BCUT2D eigenvalue weighted by Crippen LogP contribution is -2.29. The summed E-state index contributed by atoms with van der Waals surface area (Å²) in [5, 5.41) is 3.59. The summed E-state index contributed by atoms with van der Waals surface area (Å²) in [7, 11) is 4.16. The zero-order valence-electron chi connectivity index (χ0n) is 13.4. The van der Waals surface area contributed by atoms with Crippen molar-refractivity contribution in [1.29, 1.82) is 0 Å². The molecule has 1 fully saturated rings. The molecule has 1 aromatic carbocycles. The summed E-state index contributed by atoms with van der Waals surface area (Å²) in [6.07, 6.45) is 11.0. The minimum absolute atomic E-state index is 0.617.